The van der Waals surface area contributed by atoms with E-state index in [4.69, 9.17) is 4.74 Å². The molecular formula is C18H20N4O4S. The van der Waals surface area contributed by atoms with Crippen molar-refractivity contribution in [2.24, 2.45) is 0 Å². The number of benzene rings is 1. The van der Waals surface area contributed by atoms with Gasteiger partial charge in [0.2, 0.25) is 0 Å². The number of nitrogens with zero attached hydrogens (tertiary/aromatic N) is 1. The SMILES string of the molecule is Cc1ccc(OCc2nc(C)c(C(=O)NNC(=O)C(=O)NC3CC3)s2)cc1. The number of hydrogen-bond acceptors (Lipinski definition) is 6. The first-order valence-electron chi connectivity index (χ1n) is 8.49. The van der Waals surface area contributed by atoms with Gasteiger partial charge in [-0.15, -0.1) is 11.3 Å². The van der Waals surface area contributed by atoms with Crippen molar-refractivity contribution in [3.63, 3.8) is 0 Å². The van der Waals surface area contributed by atoms with Crippen molar-refractivity contribution in [1.29, 1.82) is 0 Å². The van der Waals surface area contributed by atoms with Crippen LogP contribution in [0.15, 0.2) is 24.3 Å². The van der Waals surface area contributed by atoms with Gasteiger partial charge in [-0.05, 0) is 38.8 Å². The van der Waals surface area contributed by atoms with Gasteiger partial charge in [0.05, 0.1) is 5.69 Å². The van der Waals surface area contributed by atoms with Gasteiger partial charge >= 0.3 is 11.8 Å². The van der Waals surface area contributed by atoms with E-state index in [1.54, 1.807) is 6.92 Å². The lowest BCUT2D eigenvalue weighted by atomic mass is 10.2. The molecule has 1 aromatic heterocycles. The molecule has 0 unspecified atom stereocenters. The molecule has 0 spiro atoms. The highest BCUT2D eigenvalue weighted by atomic mass is 32.1. The average molecular weight is 388 g/mol. The highest BCUT2D eigenvalue weighted by molar-refractivity contribution is 7.13. The van der Waals surface area contributed by atoms with Crippen molar-refractivity contribution in [3.05, 3.63) is 45.4 Å². The van der Waals surface area contributed by atoms with Gasteiger partial charge in [0, 0.05) is 6.04 Å². The summed E-state index contributed by atoms with van der Waals surface area (Å²) in [6.45, 7) is 3.92. The first-order chi connectivity index (χ1) is 12.9. The van der Waals surface area contributed by atoms with Crippen molar-refractivity contribution >= 4 is 29.1 Å². The minimum absolute atomic E-state index is 0.0683. The Hall–Kier alpha value is -2.94. The van der Waals surface area contributed by atoms with E-state index in [-0.39, 0.29) is 12.6 Å². The van der Waals surface area contributed by atoms with Crippen LogP contribution in [0.3, 0.4) is 0 Å². The van der Waals surface area contributed by atoms with Crippen molar-refractivity contribution in [2.75, 3.05) is 0 Å². The summed E-state index contributed by atoms with van der Waals surface area (Å²) in [5.74, 6) is -1.47. The van der Waals surface area contributed by atoms with Gasteiger partial charge in [-0.25, -0.2) is 4.98 Å². The third kappa shape index (κ3) is 5.27. The number of carbonyl (C=O) groups is 3. The Bertz CT molecular complexity index is 859. The molecule has 1 fully saturated rings. The standard InChI is InChI=1S/C18H20N4O4S/c1-10-3-7-13(8-4-10)26-9-14-19-11(2)15(27-14)16(23)21-22-18(25)17(24)20-12-5-6-12/h3-4,7-8,12H,5-6,9H2,1-2H3,(H,20,24)(H,21,23)(H,22,25). The van der Waals surface area contributed by atoms with Crippen LogP contribution in [0.5, 0.6) is 5.75 Å². The van der Waals surface area contributed by atoms with E-state index >= 15 is 0 Å². The quantitative estimate of drug-likeness (QED) is 0.530. The van der Waals surface area contributed by atoms with E-state index in [0.717, 1.165) is 18.4 Å². The van der Waals surface area contributed by atoms with E-state index in [9.17, 15) is 14.4 Å². The summed E-state index contributed by atoms with van der Waals surface area (Å²) < 4.78 is 5.66. The number of amides is 3. The van der Waals surface area contributed by atoms with Crippen LogP contribution < -0.4 is 20.9 Å². The molecule has 1 heterocycles. The maximum Gasteiger partial charge on any atom is 0.327 e. The summed E-state index contributed by atoms with van der Waals surface area (Å²) in [5, 5.41) is 3.18. The second-order valence-corrected chi connectivity index (χ2v) is 7.36. The highest BCUT2D eigenvalue weighted by Crippen LogP contribution is 2.20. The molecule has 0 aliphatic heterocycles. The molecule has 1 saturated carbocycles. The van der Waals surface area contributed by atoms with Crippen molar-refractivity contribution in [2.45, 2.75) is 39.3 Å². The van der Waals surface area contributed by atoms with E-state index in [2.05, 4.69) is 21.2 Å². The molecule has 8 nitrogen and oxygen atoms in total. The average Bonchev–Trinajstić information content (AvgIpc) is 3.38. The molecule has 0 radical (unpaired) electrons. The molecule has 2 aromatic rings. The predicted octanol–water partition coefficient (Wildman–Crippen LogP) is 1.38. The summed E-state index contributed by atoms with van der Waals surface area (Å²) in [6, 6.07) is 7.70. The number of hydrogen-bond donors (Lipinski definition) is 3. The Morgan fingerprint density at radius 2 is 1.81 bits per heavy atom. The number of carbonyl (C=O) groups excluding carboxylic acids is 3. The largest absolute Gasteiger partial charge is 0.486 e. The van der Waals surface area contributed by atoms with Gasteiger partial charge in [0.15, 0.2) is 0 Å². The van der Waals surface area contributed by atoms with Crippen molar-refractivity contribution in [1.82, 2.24) is 21.2 Å². The summed E-state index contributed by atoms with van der Waals surface area (Å²) in [7, 11) is 0. The van der Waals surface area contributed by atoms with E-state index in [1.165, 1.54) is 11.3 Å². The smallest absolute Gasteiger partial charge is 0.327 e. The van der Waals surface area contributed by atoms with Gasteiger partial charge in [-0.3, -0.25) is 25.2 Å². The molecule has 0 bridgehead atoms. The maximum absolute atomic E-state index is 12.2. The molecule has 3 amide bonds. The summed E-state index contributed by atoms with van der Waals surface area (Å²) >= 11 is 1.17. The zero-order valence-electron chi connectivity index (χ0n) is 15.0. The van der Waals surface area contributed by atoms with Crippen LogP contribution in [0.4, 0.5) is 0 Å². The number of aryl methyl sites for hydroxylation is 2. The Morgan fingerprint density at radius 1 is 1.11 bits per heavy atom. The van der Waals surface area contributed by atoms with Gasteiger partial charge in [-0.2, -0.15) is 0 Å². The lowest BCUT2D eigenvalue weighted by Gasteiger charge is -2.06. The predicted molar refractivity (Wildman–Crippen MR) is 99.1 cm³/mol. The van der Waals surface area contributed by atoms with E-state index in [0.29, 0.717) is 21.3 Å². The number of hydrazine groups is 1. The fraction of sp³-hybridized carbons (Fsp3) is 0.333. The second-order valence-electron chi connectivity index (χ2n) is 6.28. The Morgan fingerprint density at radius 3 is 2.48 bits per heavy atom. The first kappa shape index (κ1) is 18.8. The number of thiazole rings is 1. The topological polar surface area (TPSA) is 109 Å². The zero-order chi connectivity index (χ0) is 19.4. The Labute approximate surface area is 160 Å². The normalized spacial score (nSPS) is 13.0. The van der Waals surface area contributed by atoms with E-state index in [1.807, 2.05) is 31.2 Å². The summed E-state index contributed by atoms with van der Waals surface area (Å²) in [5.41, 5.74) is 6.01. The zero-order valence-corrected chi connectivity index (χ0v) is 15.8. The van der Waals surface area contributed by atoms with Gasteiger partial charge in [0.25, 0.3) is 5.91 Å². The molecule has 27 heavy (non-hydrogen) atoms. The molecule has 3 rings (SSSR count). The summed E-state index contributed by atoms with van der Waals surface area (Å²) in [6.07, 6.45) is 1.75. The van der Waals surface area contributed by atoms with Gasteiger partial charge in [0.1, 0.15) is 22.2 Å². The number of nitrogens with one attached hydrogen (secondary N) is 3. The minimum Gasteiger partial charge on any atom is -0.486 e. The van der Waals surface area contributed by atoms with Crippen LogP contribution in [0.1, 0.15) is 38.8 Å². The van der Waals surface area contributed by atoms with Gasteiger partial charge in [-0.1, -0.05) is 17.7 Å². The lowest BCUT2D eigenvalue weighted by molar-refractivity contribution is -0.139. The molecule has 1 aromatic carbocycles. The number of rotatable bonds is 5. The van der Waals surface area contributed by atoms with Crippen molar-refractivity contribution in [3.8, 4) is 5.75 Å². The first-order valence-corrected chi connectivity index (χ1v) is 9.31. The third-order valence-corrected chi connectivity index (χ3v) is 4.97. The molecule has 1 aliphatic carbocycles. The third-order valence-electron chi connectivity index (χ3n) is 3.84. The molecule has 9 heteroatoms. The van der Waals surface area contributed by atoms with Crippen molar-refractivity contribution < 1.29 is 19.1 Å². The maximum atomic E-state index is 12.2. The van der Waals surface area contributed by atoms with Crippen LogP contribution in [0.2, 0.25) is 0 Å². The molecule has 1 aliphatic rings. The van der Waals surface area contributed by atoms with Crippen LogP contribution in [-0.4, -0.2) is 28.7 Å². The van der Waals surface area contributed by atoms with Crippen LogP contribution in [0, 0.1) is 13.8 Å². The number of ether oxygens (including phenoxy) is 1. The van der Waals surface area contributed by atoms with Gasteiger partial charge < -0.3 is 10.1 Å². The van der Waals surface area contributed by atoms with E-state index < -0.39 is 17.7 Å². The number of aromatic nitrogens is 1. The molecular weight excluding hydrogens is 368 g/mol. The fourth-order valence-electron chi connectivity index (χ4n) is 2.21. The Balaban J connectivity index is 1.51. The molecule has 0 atom stereocenters. The monoisotopic (exact) mass is 388 g/mol. The van der Waals surface area contributed by atoms with Crippen LogP contribution in [-0.2, 0) is 16.2 Å². The molecule has 0 saturated heterocycles. The fourth-order valence-corrected chi connectivity index (χ4v) is 3.08. The van der Waals surface area contributed by atoms with Crippen LogP contribution in [0.25, 0.3) is 0 Å². The van der Waals surface area contributed by atoms with Crippen LogP contribution >= 0.6 is 11.3 Å². The summed E-state index contributed by atoms with van der Waals surface area (Å²) in [4.78, 5) is 40.1. The Kier molecular flexibility index (Phi) is 5.70. The second kappa shape index (κ2) is 8.17. The molecule has 142 valence electrons. The molecule has 3 N–H and O–H groups in total. The minimum atomic E-state index is -0.902. The lowest BCUT2D eigenvalue weighted by Crippen LogP contribution is -2.48. The highest BCUT2D eigenvalue weighted by Gasteiger charge is 2.26.